The van der Waals surface area contributed by atoms with E-state index < -0.39 is 0 Å². The van der Waals surface area contributed by atoms with Crippen molar-refractivity contribution in [2.24, 2.45) is 0 Å². The minimum absolute atomic E-state index is 1.03. The molecule has 0 radical (unpaired) electrons. The van der Waals surface area contributed by atoms with Crippen LogP contribution >= 0.6 is 0 Å². The van der Waals surface area contributed by atoms with Crippen LogP contribution in [0.25, 0.3) is 0 Å². The fourth-order valence-corrected chi connectivity index (χ4v) is 2.17. The van der Waals surface area contributed by atoms with E-state index in [1.54, 1.807) is 0 Å². The van der Waals surface area contributed by atoms with Crippen LogP contribution in [-0.4, -0.2) is 7.05 Å². The summed E-state index contributed by atoms with van der Waals surface area (Å²) in [5, 5.41) is 0. The number of likely N-dealkylation sites (N-methyl/N-ethyl adjacent to an activating group) is 1. The minimum Gasteiger partial charge on any atom is -0.345 e. The van der Waals surface area contributed by atoms with Crippen LogP contribution in [0.1, 0.15) is 51.5 Å². The van der Waals surface area contributed by atoms with E-state index in [1.807, 2.05) is 0 Å². The molecule has 0 unspecified atom stereocenters. The SMILES string of the molecule is C=C(/C=C\CC)N(C)c1ccc(CCCCCC)cc1. The summed E-state index contributed by atoms with van der Waals surface area (Å²) in [6.07, 6.45) is 11.8. The van der Waals surface area contributed by atoms with Crippen LogP contribution in [0.15, 0.2) is 48.7 Å². The highest BCUT2D eigenvalue weighted by Gasteiger charge is 2.02. The second kappa shape index (κ2) is 9.41. The maximum Gasteiger partial charge on any atom is 0.0408 e. The number of anilines is 1. The summed E-state index contributed by atoms with van der Waals surface area (Å²) in [4.78, 5) is 2.13. The van der Waals surface area contributed by atoms with E-state index in [9.17, 15) is 0 Å². The Kier molecular flexibility index (Phi) is 7.79. The summed E-state index contributed by atoms with van der Waals surface area (Å²) in [6.45, 7) is 8.49. The molecule has 1 rings (SSSR count). The van der Waals surface area contributed by atoms with Gasteiger partial charge >= 0.3 is 0 Å². The van der Waals surface area contributed by atoms with Gasteiger partial charge in [-0.1, -0.05) is 57.9 Å². The van der Waals surface area contributed by atoms with Gasteiger partial charge in [0.15, 0.2) is 0 Å². The van der Waals surface area contributed by atoms with Crippen molar-refractivity contribution in [3.63, 3.8) is 0 Å². The summed E-state index contributed by atoms with van der Waals surface area (Å²) in [6, 6.07) is 8.88. The Morgan fingerprint density at radius 2 is 1.80 bits per heavy atom. The van der Waals surface area contributed by atoms with Gasteiger partial charge in [-0.25, -0.2) is 0 Å². The molecule has 0 aliphatic carbocycles. The standard InChI is InChI=1S/C19H29N/c1-5-7-9-10-12-18-13-15-19(16-14-18)20(4)17(3)11-8-6-2/h8,11,13-16H,3,5-7,9-10,12H2,1-2,4H3/b11-8-. The second-order valence-electron chi connectivity index (χ2n) is 5.34. The van der Waals surface area contributed by atoms with Crippen molar-refractivity contribution in [1.29, 1.82) is 0 Å². The molecule has 20 heavy (non-hydrogen) atoms. The molecular weight excluding hydrogens is 242 g/mol. The molecular formula is C19H29N. The van der Waals surface area contributed by atoms with E-state index in [-0.39, 0.29) is 0 Å². The first kappa shape index (κ1) is 16.6. The summed E-state index contributed by atoms with van der Waals surface area (Å²) < 4.78 is 0. The average Bonchev–Trinajstić information content (AvgIpc) is 2.49. The largest absolute Gasteiger partial charge is 0.345 e. The van der Waals surface area contributed by atoms with Crippen LogP contribution in [0.2, 0.25) is 0 Å². The van der Waals surface area contributed by atoms with Crippen molar-refractivity contribution >= 4 is 5.69 Å². The Balaban J connectivity index is 2.52. The van der Waals surface area contributed by atoms with Crippen molar-refractivity contribution in [1.82, 2.24) is 0 Å². The fraction of sp³-hybridized carbons (Fsp3) is 0.474. The highest BCUT2D eigenvalue weighted by Crippen LogP contribution is 2.19. The number of hydrogen-bond acceptors (Lipinski definition) is 1. The van der Waals surface area contributed by atoms with Crippen molar-refractivity contribution in [2.45, 2.75) is 52.4 Å². The molecule has 0 bridgehead atoms. The van der Waals surface area contributed by atoms with Crippen LogP contribution in [0.5, 0.6) is 0 Å². The number of benzene rings is 1. The molecule has 0 saturated carbocycles. The van der Waals surface area contributed by atoms with Crippen LogP contribution in [0, 0.1) is 0 Å². The number of allylic oxidation sites excluding steroid dienone is 2. The van der Waals surface area contributed by atoms with Crippen molar-refractivity contribution in [3.8, 4) is 0 Å². The highest BCUT2D eigenvalue weighted by atomic mass is 15.1. The molecule has 0 saturated heterocycles. The Morgan fingerprint density at radius 3 is 2.40 bits per heavy atom. The molecule has 0 amide bonds. The lowest BCUT2D eigenvalue weighted by molar-refractivity contribution is 0.667. The topological polar surface area (TPSA) is 3.24 Å². The molecule has 0 spiro atoms. The Hall–Kier alpha value is -1.50. The molecule has 1 aromatic rings. The maximum absolute atomic E-state index is 4.10. The number of aryl methyl sites for hydroxylation is 1. The van der Waals surface area contributed by atoms with Crippen LogP contribution in [0.4, 0.5) is 5.69 Å². The first-order valence-corrected chi connectivity index (χ1v) is 7.87. The average molecular weight is 271 g/mol. The Bertz CT molecular complexity index is 414. The smallest absolute Gasteiger partial charge is 0.0408 e. The molecule has 0 aliphatic heterocycles. The maximum atomic E-state index is 4.10. The van der Waals surface area contributed by atoms with Gasteiger partial charge in [0.2, 0.25) is 0 Å². The zero-order chi connectivity index (χ0) is 14.8. The Morgan fingerprint density at radius 1 is 1.10 bits per heavy atom. The molecule has 1 aromatic carbocycles. The summed E-state index contributed by atoms with van der Waals surface area (Å²) in [7, 11) is 2.07. The van der Waals surface area contributed by atoms with Gasteiger partial charge in [-0.05, 0) is 43.0 Å². The van der Waals surface area contributed by atoms with Crippen molar-refractivity contribution < 1.29 is 0 Å². The lowest BCUT2D eigenvalue weighted by atomic mass is 10.1. The van der Waals surface area contributed by atoms with Gasteiger partial charge in [-0.15, -0.1) is 0 Å². The number of hydrogen-bond donors (Lipinski definition) is 0. The number of rotatable bonds is 9. The van der Waals surface area contributed by atoms with E-state index >= 15 is 0 Å². The summed E-state index contributed by atoms with van der Waals surface area (Å²) in [5.41, 5.74) is 3.67. The monoisotopic (exact) mass is 271 g/mol. The molecule has 0 heterocycles. The lowest BCUT2D eigenvalue weighted by Crippen LogP contribution is -2.13. The van der Waals surface area contributed by atoms with E-state index in [4.69, 9.17) is 0 Å². The van der Waals surface area contributed by atoms with Crippen LogP contribution < -0.4 is 4.90 Å². The lowest BCUT2D eigenvalue weighted by Gasteiger charge is -2.20. The molecule has 1 heteroatoms. The van der Waals surface area contributed by atoms with Gasteiger partial charge in [0.25, 0.3) is 0 Å². The first-order valence-electron chi connectivity index (χ1n) is 7.87. The predicted molar refractivity (Wildman–Crippen MR) is 91.3 cm³/mol. The quantitative estimate of drug-likeness (QED) is 0.410. The molecule has 110 valence electrons. The number of unbranched alkanes of at least 4 members (excludes halogenated alkanes) is 3. The number of nitrogens with zero attached hydrogens (tertiary/aromatic N) is 1. The third kappa shape index (κ3) is 5.64. The Labute approximate surface area is 125 Å². The van der Waals surface area contributed by atoms with Gasteiger partial charge in [-0.2, -0.15) is 0 Å². The fourth-order valence-electron chi connectivity index (χ4n) is 2.17. The molecule has 0 fully saturated rings. The highest BCUT2D eigenvalue weighted by molar-refractivity contribution is 5.53. The van der Waals surface area contributed by atoms with E-state index in [0.29, 0.717) is 0 Å². The molecule has 1 nitrogen and oxygen atoms in total. The van der Waals surface area contributed by atoms with E-state index in [2.05, 4.69) is 68.8 Å². The van der Waals surface area contributed by atoms with Crippen molar-refractivity contribution in [2.75, 3.05) is 11.9 Å². The molecule has 0 atom stereocenters. The molecule has 0 aliphatic rings. The zero-order valence-electron chi connectivity index (χ0n) is 13.4. The zero-order valence-corrected chi connectivity index (χ0v) is 13.4. The van der Waals surface area contributed by atoms with Gasteiger partial charge in [0.1, 0.15) is 0 Å². The van der Waals surface area contributed by atoms with Gasteiger partial charge < -0.3 is 4.90 Å². The van der Waals surface area contributed by atoms with Gasteiger partial charge in [-0.3, -0.25) is 0 Å². The molecule has 0 N–H and O–H groups in total. The van der Waals surface area contributed by atoms with Gasteiger partial charge in [0, 0.05) is 18.4 Å². The van der Waals surface area contributed by atoms with Crippen LogP contribution in [0.3, 0.4) is 0 Å². The summed E-state index contributed by atoms with van der Waals surface area (Å²) >= 11 is 0. The third-order valence-corrected chi connectivity index (χ3v) is 3.62. The summed E-state index contributed by atoms with van der Waals surface area (Å²) in [5.74, 6) is 0. The van der Waals surface area contributed by atoms with E-state index in [0.717, 1.165) is 12.1 Å². The normalized spacial score (nSPS) is 10.9. The minimum atomic E-state index is 1.03. The first-order chi connectivity index (χ1) is 9.69. The predicted octanol–water partition coefficient (Wildman–Crippen LogP) is 5.73. The van der Waals surface area contributed by atoms with Crippen molar-refractivity contribution in [3.05, 3.63) is 54.3 Å². The van der Waals surface area contributed by atoms with Gasteiger partial charge in [0.05, 0.1) is 0 Å². The van der Waals surface area contributed by atoms with E-state index in [1.165, 1.54) is 43.4 Å². The van der Waals surface area contributed by atoms with Crippen LogP contribution in [-0.2, 0) is 6.42 Å². The second-order valence-corrected chi connectivity index (χ2v) is 5.34. The molecule has 0 aromatic heterocycles. The third-order valence-electron chi connectivity index (χ3n) is 3.62.